The van der Waals surface area contributed by atoms with Crippen molar-refractivity contribution in [1.29, 1.82) is 0 Å². The summed E-state index contributed by atoms with van der Waals surface area (Å²) in [6.07, 6.45) is 4.63. The van der Waals surface area contributed by atoms with E-state index in [1.165, 1.54) is 0 Å². The van der Waals surface area contributed by atoms with Crippen LogP contribution in [0.1, 0.15) is 12.0 Å². The molecule has 3 rings (SSSR count). The van der Waals surface area contributed by atoms with Crippen molar-refractivity contribution in [2.24, 2.45) is 5.73 Å². The fraction of sp³-hybridized carbons (Fsp3) is 0.267. The molecule has 2 heterocycles. The van der Waals surface area contributed by atoms with Gasteiger partial charge in [0.25, 0.3) is 0 Å². The molecule has 2 N–H and O–H groups in total. The Morgan fingerprint density at radius 3 is 3.00 bits per heavy atom. The quantitative estimate of drug-likeness (QED) is 0.895. The second kappa shape index (κ2) is 5.28. The van der Waals surface area contributed by atoms with Crippen LogP contribution in [0, 0.1) is 0 Å². The van der Waals surface area contributed by atoms with Crippen molar-refractivity contribution in [2.75, 3.05) is 18.1 Å². The number of rotatable bonds is 2. The van der Waals surface area contributed by atoms with Crippen LogP contribution in [0.15, 0.2) is 42.7 Å². The standard InChI is InChI=1S/C15H17N3O/c16-10-12-11-17-7-6-13(12)18-8-3-9-19-15-5-2-1-4-14(15)18/h1-2,4-7,11H,3,8-10,16H2. The number of para-hydroxylation sites is 2. The van der Waals surface area contributed by atoms with Crippen LogP contribution >= 0.6 is 0 Å². The molecule has 4 nitrogen and oxygen atoms in total. The van der Waals surface area contributed by atoms with E-state index < -0.39 is 0 Å². The summed E-state index contributed by atoms with van der Waals surface area (Å²) in [4.78, 5) is 6.42. The lowest BCUT2D eigenvalue weighted by Gasteiger charge is -2.25. The van der Waals surface area contributed by atoms with Gasteiger partial charge in [0.2, 0.25) is 0 Å². The van der Waals surface area contributed by atoms with Gasteiger partial charge >= 0.3 is 0 Å². The molecule has 0 bridgehead atoms. The summed E-state index contributed by atoms with van der Waals surface area (Å²) in [5.74, 6) is 0.930. The van der Waals surface area contributed by atoms with Gasteiger partial charge in [-0.3, -0.25) is 4.98 Å². The van der Waals surface area contributed by atoms with Crippen LogP contribution in [0.4, 0.5) is 11.4 Å². The lowest BCUT2D eigenvalue weighted by atomic mass is 10.1. The maximum atomic E-state index is 5.82. The second-order valence-corrected chi connectivity index (χ2v) is 4.53. The number of fused-ring (bicyclic) bond motifs is 1. The van der Waals surface area contributed by atoms with Crippen molar-refractivity contribution in [3.63, 3.8) is 0 Å². The first-order chi connectivity index (χ1) is 9.40. The average Bonchev–Trinajstić information content (AvgIpc) is 2.69. The molecule has 98 valence electrons. The van der Waals surface area contributed by atoms with E-state index in [1.807, 2.05) is 36.7 Å². The van der Waals surface area contributed by atoms with Crippen molar-refractivity contribution in [3.8, 4) is 5.75 Å². The van der Waals surface area contributed by atoms with Crippen LogP contribution in [-0.2, 0) is 6.54 Å². The number of nitrogens with two attached hydrogens (primary N) is 1. The van der Waals surface area contributed by atoms with Crippen molar-refractivity contribution < 1.29 is 4.74 Å². The van der Waals surface area contributed by atoms with Crippen LogP contribution in [-0.4, -0.2) is 18.1 Å². The number of anilines is 2. The van der Waals surface area contributed by atoms with Gasteiger partial charge in [0.05, 0.1) is 12.3 Å². The number of nitrogens with zero attached hydrogens (tertiary/aromatic N) is 2. The fourth-order valence-corrected chi connectivity index (χ4v) is 2.42. The molecular weight excluding hydrogens is 238 g/mol. The third-order valence-electron chi connectivity index (χ3n) is 3.33. The molecule has 1 aromatic heterocycles. The zero-order chi connectivity index (χ0) is 13.1. The molecule has 0 atom stereocenters. The molecular formula is C15H17N3O. The Morgan fingerprint density at radius 2 is 2.11 bits per heavy atom. The average molecular weight is 255 g/mol. The molecule has 0 unspecified atom stereocenters. The van der Waals surface area contributed by atoms with Gasteiger partial charge in [-0.1, -0.05) is 12.1 Å². The molecule has 1 aliphatic rings. The van der Waals surface area contributed by atoms with Crippen LogP contribution < -0.4 is 15.4 Å². The van der Waals surface area contributed by atoms with E-state index in [9.17, 15) is 0 Å². The molecule has 1 aliphatic heterocycles. The minimum Gasteiger partial charge on any atom is -0.491 e. The van der Waals surface area contributed by atoms with Gasteiger partial charge in [-0.15, -0.1) is 0 Å². The molecule has 0 aliphatic carbocycles. The number of ether oxygens (including phenoxy) is 1. The summed E-state index contributed by atoms with van der Waals surface area (Å²) >= 11 is 0. The molecule has 4 heteroatoms. The van der Waals surface area contributed by atoms with E-state index in [0.717, 1.165) is 42.3 Å². The lowest BCUT2D eigenvalue weighted by molar-refractivity contribution is 0.322. The van der Waals surface area contributed by atoms with E-state index in [0.29, 0.717) is 6.54 Å². The summed E-state index contributed by atoms with van der Waals surface area (Å²) in [6, 6.07) is 10.1. The molecule has 0 spiro atoms. The van der Waals surface area contributed by atoms with Crippen LogP contribution in [0.5, 0.6) is 5.75 Å². The van der Waals surface area contributed by atoms with Gasteiger partial charge in [-0.05, 0) is 24.6 Å². The number of pyridine rings is 1. The maximum absolute atomic E-state index is 5.82. The van der Waals surface area contributed by atoms with Crippen LogP contribution in [0.25, 0.3) is 0 Å². The highest BCUT2D eigenvalue weighted by molar-refractivity contribution is 5.71. The first-order valence-electron chi connectivity index (χ1n) is 6.52. The molecule has 1 aromatic carbocycles. The van der Waals surface area contributed by atoms with Crippen molar-refractivity contribution in [2.45, 2.75) is 13.0 Å². The van der Waals surface area contributed by atoms with Crippen molar-refractivity contribution in [1.82, 2.24) is 4.98 Å². The van der Waals surface area contributed by atoms with E-state index in [4.69, 9.17) is 10.5 Å². The summed E-state index contributed by atoms with van der Waals surface area (Å²) in [7, 11) is 0. The normalized spacial score (nSPS) is 14.5. The Labute approximate surface area is 112 Å². The maximum Gasteiger partial charge on any atom is 0.142 e. The monoisotopic (exact) mass is 255 g/mol. The fourth-order valence-electron chi connectivity index (χ4n) is 2.42. The predicted octanol–water partition coefficient (Wildman–Crippen LogP) is 2.46. The molecule has 0 amide bonds. The number of hydrogen-bond acceptors (Lipinski definition) is 4. The minimum absolute atomic E-state index is 0.489. The van der Waals surface area contributed by atoms with Gasteiger partial charge in [0, 0.05) is 36.7 Å². The Kier molecular flexibility index (Phi) is 3.33. The zero-order valence-corrected chi connectivity index (χ0v) is 10.7. The van der Waals surface area contributed by atoms with Gasteiger partial charge in [0.15, 0.2) is 0 Å². The van der Waals surface area contributed by atoms with E-state index in [1.54, 1.807) is 0 Å². The Hall–Kier alpha value is -2.07. The molecule has 0 saturated carbocycles. The zero-order valence-electron chi connectivity index (χ0n) is 10.7. The highest BCUT2D eigenvalue weighted by atomic mass is 16.5. The SMILES string of the molecule is NCc1cnccc1N1CCCOc2ccccc21. The number of hydrogen-bond donors (Lipinski definition) is 1. The third kappa shape index (κ3) is 2.27. The lowest BCUT2D eigenvalue weighted by Crippen LogP contribution is -2.20. The minimum atomic E-state index is 0.489. The third-order valence-corrected chi connectivity index (χ3v) is 3.33. The van der Waals surface area contributed by atoms with E-state index in [-0.39, 0.29) is 0 Å². The van der Waals surface area contributed by atoms with Crippen LogP contribution in [0.3, 0.4) is 0 Å². The van der Waals surface area contributed by atoms with Gasteiger partial charge in [-0.2, -0.15) is 0 Å². The Morgan fingerprint density at radius 1 is 1.21 bits per heavy atom. The Balaban J connectivity index is 2.09. The summed E-state index contributed by atoms with van der Waals surface area (Å²) in [5, 5.41) is 0. The number of aromatic nitrogens is 1. The summed E-state index contributed by atoms with van der Waals surface area (Å²) in [6.45, 7) is 2.16. The highest BCUT2D eigenvalue weighted by Gasteiger charge is 2.19. The van der Waals surface area contributed by atoms with Crippen molar-refractivity contribution >= 4 is 11.4 Å². The largest absolute Gasteiger partial charge is 0.491 e. The highest BCUT2D eigenvalue weighted by Crippen LogP contribution is 2.36. The smallest absolute Gasteiger partial charge is 0.142 e. The van der Waals surface area contributed by atoms with Gasteiger partial charge in [-0.25, -0.2) is 0 Å². The molecule has 19 heavy (non-hydrogen) atoms. The summed E-state index contributed by atoms with van der Waals surface area (Å²) < 4.78 is 5.79. The topological polar surface area (TPSA) is 51.4 Å². The predicted molar refractivity (Wildman–Crippen MR) is 75.7 cm³/mol. The molecule has 0 saturated heterocycles. The Bertz CT molecular complexity index is 571. The van der Waals surface area contributed by atoms with Crippen LogP contribution in [0.2, 0.25) is 0 Å². The first-order valence-corrected chi connectivity index (χ1v) is 6.52. The van der Waals surface area contributed by atoms with Gasteiger partial charge in [0.1, 0.15) is 5.75 Å². The van der Waals surface area contributed by atoms with E-state index >= 15 is 0 Å². The van der Waals surface area contributed by atoms with E-state index in [2.05, 4.69) is 16.0 Å². The molecule has 2 aromatic rings. The molecule has 0 radical (unpaired) electrons. The second-order valence-electron chi connectivity index (χ2n) is 4.53. The van der Waals surface area contributed by atoms with Gasteiger partial charge < -0.3 is 15.4 Å². The molecule has 0 fully saturated rings. The first kappa shape index (κ1) is 12.0. The number of benzene rings is 1. The summed E-state index contributed by atoms with van der Waals surface area (Å²) in [5.41, 5.74) is 9.09. The van der Waals surface area contributed by atoms with Crippen molar-refractivity contribution in [3.05, 3.63) is 48.3 Å².